The number of carbonyl (C=O) groups excluding carboxylic acids is 3. The van der Waals surface area contributed by atoms with Crippen LogP contribution in [0.5, 0.6) is 0 Å². The lowest BCUT2D eigenvalue weighted by Gasteiger charge is -2.20. The number of halogens is 1. The van der Waals surface area contributed by atoms with Crippen LogP contribution in [0.2, 0.25) is 0 Å². The Labute approximate surface area is 307 Å². The van der Waals surface area contributed by atoms with Gasteiger partial charge in [0, 0.05) is 49.4 Å². The molecule has 0 atom stereocenters. The summed E-state index contributed by atoms with van der Waals surface area (Å²) in [6, 6.07) is 0. The number of sulfone groups is 2. The number of amides is 1. The number of carbonyl (C=O) groups is 3. The average molecular weight is 799 g/mol. The van der Waals surface area contributed by atoms with Gasteiger partial charge in [-0.1, -0.05) is 14.4 Å². The molecule has 0 aromatic heterocycles. The lowest BCUT2D eigenvalue weighted by atomic mass is 10.2. The Morgan fingerprint density at radius 1 is 0.667 bits per heavy atom. The highest BCUT2D eigenvalue weighted by atomic mass is 35.5. The average Bonchev–Trinajstić information content (AvgIpc) is 2.76. The van der Waals surface area contributed by atoms with E-state index in [9.17, 15) is 31.2 Å². The molecule has 0 bridgehead atoms. The van der Waals surface area contributed by atoms with E-state index in [0.717, 1.165) is 24.5 Å². The maximum Gasteiger partial charge on any atom is 0.519 e. The zero-order valence-electron chi connectivity index (χ0n) is 30.8. The molecule has 296 valence electrons. The summed E-state index contributed by atoms with van der Waals surface area (Å²) in [4.78, 5) is 33.0. The molecule has 14 nitrogen and oxygen atoms in total. The fraction of sp³-hybridized carbons (Fsp3) is 0.897. The first-order valence-corrected chi connectivity index (χ1v) is 21.2. The molecule has 19 heteroatoms. The molecule has 0 aliphatic carbocycles. The molecular weight excluding hydrogens is 730 g/mol. The maximum atomic E-state index is 11.0. The fourth-order valence-corrected chi connectivity index (χ4v) is 3.59. The summed E-state index contributed by atoms with van der Waals surface area (Å²) < 4.78 is 59.6. The molecule has 0 radical (unpaired) electrons. The first kappa shape index (κ1) is 62.0. The van der Waals surface area contributed by atoms with Gasteiger partial charge in [-0.2, -0.15) is 23.5 Å². The third-order valence-electron chi connectivity index (χ3n) is 3.31. The first-order valence-electron chi connectivity index (χ1n) is 14.3. The summed E-state index contributed by atoms with van der Waals surface area (Å²) in [5, 5.41) is 2.66. The van der Waals surface area contributed by atoms with Crippen LogP contribution in [0.3, 0.4) is 0 Å². The Morgan fingerprint density at radius 2 is 1.02 bits per heavy atom. The molecular formula is C29H68ClN3O11S4. The van der Waals surface area contributed by atoms with E-state index in [2.05, 4.69) is 10.1 Å². The third-order valence-corrected chi connectivity index (χ3v) is 6.69. The monoisotopic (exact) mass is 797 g/mol. The van der Waals surface area contributed by atoms with Crippen LogP contribution in [0.15, 0.2) is 0 Å². The Kier molecular flexibility index (Phi) is 42.6. The molecule has 0 aliphatic heterocycles. The van der Waals surface area contributed by atoms with Crippen LogP contribution in [-0.2, 0) is 38.6 Å². The smallest absolute Gasteiger partial charge is 0.444 e. The van der Waals surface area contributed by atoms with Gasteiger partial charge >= 0.3 is 18.4 Å². The molecule has 0 aromatic rings. The quantitative estimate of drug-likeness (QED) is 0.113. The second kappa shape index (κ2) is 33.0. The normalized spacial score (nSPS) is 10.8. The van der Waals surface area contributed by atoms with Crippen molar-refractivity contribution >= 4 is 74.0 Å². The van der Waals surface area contributed by atoms with Crippen molar-refractivity contribution in [1.82, 2.24) is 5.32 Å². The van der Waals surface area contributed by atoms with Crippen LogP contribution >= 0.6 is 35.9 Å². The summed E-state index contributed by atoms with van der Waals surface area (Å²) in [5.41, 5.74) is 8.26. The largest absolute Gasteiger partial charge is 0.519 e. The SMILES string of the molecule is C.CC(C)(C)OC(=O)OC(=O)OC(C)(C)C.CCCS(C)(=O)=O.CS(=O)(=O)CCN.CSCCN.CSCCNC(=O)OC(C)(C)C.Cl. The van der Waals surface area contributed by atoms with E-state index in [0.29, 0.717) is 12.3 Å². The second-order valence-electron chi connectivity index (χ2n) is 12.3. The number of nitrogens with one attached hydrogen (secondary N) is 1. The molecule has 0 saturated heterocycles. The molecule has 5 N–H and O–H groups in total. The summed E-state index contributed by atoms with van der Waals surface area (Å²) in [6.07, 6.45) is 4.73. The van der Waals surface area contributed by atoms with Gasteiger partial charge in [-0.3, -0.25) is 0 Å². The number of rotatable bonds is 9. The number of hydrogen-bond acceptors (Lipinski definition) is 15. The Hall–Kier alpha value is -1.18. The minimum absolute atomic E-state index is 0. The van der Waals surface area contributed by atoms with Gasteiger partial charge in [0.05, 0.1) is 5.75 Å². The molecule has 0 saturated carbocycles. The molecule has 1 amide bonds. The van der Waals surface area contributed by atoms with Gasteiger partial charge < -0.3 is 35.7 Å². The van der Waals surface area contributed by atoms with Gasteiger partial charge in [0.1, 0.15) is 36.5 Å². The number of thioether (sulfide) groups is 2. The zero-order chi connectivity index (χ0) is 37.8. The topological polar surface area (TPSA) is 220 Å². The van der Waals surface area contributed by atoms with E-state index in [1.807, 2.05) is 40.2 Å². The van der Waals surface area contributed by atoms with Crippen LogP contribution < -0.4 is 16.8 Å². The number of ether oxygens (including phenoxy) is 4. The van der Waals surface area contributed by atoms with Crippen molar-refractivity contribution in [3.8, 4) is 0 Å². The van der Waals surface area contributed by atoms with Crippen LogP contribution in [0.1, 0.15) is 83.1 Å². The van der Waals surface area contributed by atoms with Gasteiger partial charge in [-0.15, -0.1) is 12.4 Å². The first-order chi connectivity index (χ1) is 20.5. The number of hydrogen-bond donors (Lipinski definition) is 3. The Bertz CT molecular complexity index is 949. The van der Waals surface area contributed by atoms with Crippen molar-refractivity contribution in [1.29, 1.82) is 0 Å². The van der Waals surface area contributed by atoms with Gasteiger partial charge in [-0.05, 0) is 81.2 Å². The minimum Gasteiger partial charge on any atom is -0.444 e. The van der Waals surface area contributed by atoms with Crippen LogP contribution in [-0.4, -0.2) is 120 Å². The summed E-state index contributed by atoms with van der Waals surface area (Å²) >= 11 is 3.47. The minimum atomic E-state index is -2.80. The van der Waals surface area contributed by atoms with Gasteiger partial charge in [0.15, 0.2) is 0 Å². The summed E-state index contributed by atoms with van der Waals surface area (Å²) in [5.74, 6) is 2.40. The molecule has 0 aliphatic rings. The molecule has 0 fully saturated rings. The standard InChI is InChI=1S/C10H18O5.C8H17NO2S.C4H10O2S.C3H9NO2S.C3H9NS.CH4.ClH/c1-9(2,3)14-7(11)13-8(12)15-10(4,5)6;1-8(2,3)11-7(10)9-5-6-12-4;1-3-4-7(2,5)6;1-7(5,6)3-2-4;1-5-3-2-4;;/h1-6H3;5-6H2,1-4H3,(H,9,10);3-4H2,1-2H3;2-4H2,1H3;2-4H2,1H3;1H4;1H. The van der Waals surface area contributed by atoms with Crippen LogP contribution in [0.4, 0.5) is 14.4 Å². The van der Waals surface area contributed by atoms with Crippen molar-refractivity contribution in [2.24, 2.45) is 11.5 Å². The van der Waals surface area contributed by atoms with Crippen molar-refractivity contribution < 1.29 is 50.2 Å². The van der Waals surface area contributed by atoms with Crippen molar-refractivity contribution in [3.63, 3.8) is 0 Å². The molecule has 48 heavy (non-hydrogen) atoms. The molecule has 0 rings (SSSR count). The molecule has 0 spiro atoms. The number of alkyl carbamates (subject to hydrolysis) is 1. The van der Waals surface area contributed by atoms with Gasteiger partial charge in [0.2, 0.25) is 0 Å². The van der Waals surface area contributed by atoms with Gasteiger partial charge in [-0.25, -0.2) is 31.2 Å². The third kappa shape index (κ3) is 79.9. The van der Waals surface area contributed by atoms with E-state index in [1.165, 1.54) is 12.5 Å². The molecule has 0 heterocycles. The van der Waals surface area contributed by atoms with E-state index in [-0.39, 0.29) is 38.2 Å². The highest BCUT2D eigenvalue weighted by Gasteiger charge is 2.24. The predicted molar refractivity (Wildman–Crippen MR) is 206 cm³/mol. The number of nitrogens with two attached hydrogens (primary N) is 2. The summed E-state index contributed by atoms with van der Waals surface area (Å²) in [7, 11) is -5.47. The highest BCUT2D eigenvalue weighted by molar-refractivity contribution is 7.98. The van der Waals surface area contributed by atoms with Crippen molar-refractivity contribution in [2.75, 3.05) is 67.7 Å². The Balaban J connectivity index is -0.0000000915. The molecule has 0 unspecified atom stereocenters. The molecule has 0 aromatic carbocycles. The van der Waals surface area contributed by atoms with Gasteiger partial charge in [0.25, 0.3) is 0 Å². The van der Waals surface area contributed by atoms with Crippen LogP contribution in [0.25, 0.3) is 0 Å². The van der Waals surface area contributed by atoms with Crippen molar-refractivity contribution in [3.05, 3.63) is 0 Å². The van der Waals surface area contributed by atoms with Crippen molar-refractivity contribution in [2.45, 2.75) is 99.9 Å². The second-order valence-corrected chi connectivity index (χ2v) is 18.8. The predicted octanol–water partition coefficient (Wildman–Crippen LogP) is 5.54. The fourth-order valence-electron chi connectivity index (χ4n) is 1.88. The maximum absolute atomic E-state index is 11.0. The van der Waals surface area contributed by atoms with E-state index in [4.69, 9.17) is 25.7 Å². The Morgan fingerprint density at radius 3 is 1.19 bits per heavy atom. The van der Waals surface area contributed by atoms with E-state index in [1.54, 1.807) is 65.1 Å². The van der Waals surface area contributed by atoms with E-state index >= 15 is 0 Å². The summed E-state index contributed by atoms with van der Waals surface area (Å²) in [6.45, 7) is 19.1. The van der Waals surface area contributed by atoms with Crippen LogP contribution in [0, 0.1) is 0 Å². The van der Waals surface area contributed by atoms with E-state index < -0.39 is 48.8 Å². The lowest BCUT2D eigenvalue weighted by Crippen LogP contribution is -2.33. The highest BCUT2D eigenvalue weighted by Crippen LogP contribution is 2.11. The lowest BCUT2D eigenvalue weighted by molar-refractivity contribution is -0.0294. The zero-order valence-corrected chi connectivity index (χ0v) is 34.9.